The van der Waals surface area contributed by atoms with Crippen LogP contribution in [0.2, 0.25) is 0 Å². The van der Waals surface area contributed by atoms with Gasteiger partial charge in [-0.1, -0.05) is 24.3 Å². The van der Waals surface area contributed by atoms with E-state index in [2.05, 4.69) is 0 Å². The Bertz CT molecular complexity index is 1150. The molecule has 2 aliphatic heterocycles. The summed E-state index contributed by atoms with van der Waals surface area (Å²) in [4.78, 5) is 40.8. The molecule has 164 valence electrons. The Morgan fingerprint density at radius 2 is 1.88 bits per heavy atom. The van der Waals surface area contributed by atoms with Crippen LogP contribution in [0, 0.1) is 11.7 Å². The molecule has 0 bridgehead atoms. The Labute approximate surface area is 185 Å². The SMILES string of the molecule is CN(C(=O)C1CC1)[C@H]1CCN(C(=O)c2cc(C=C3OC(=O)c4ccccc43)ccc2F)C1. The number of likely N-dealkylation sites (N-methyl/N-ethyl adjacent to an activating group) is 1. The molecule has 1 saturated carbocycles. The maximum atomic E-state index is 14.6. The molecule has 1 atom stereocenters. The third kappa shape index (κ3) is 3.68. The highest BCUT2D eigenvalue weighted by Crippen LogP contribution is 2.33. The topological polar surface area (TPSA) is 66.9 Å². The predicted octanol–water partition coefficient (Wildman–Crippen LogP) is 3.58. The largest absolute Gasteiger partial charge is 0.422 e. The molecule has 5 rings (SSSR count). The molecular weight excluding hydrogens is 411 g/mol. The van der Waals surface area contributed by atoms with Gasteiger partial charge in [0.1, 0.15) is 11.6 Å². The molecule has 32 heavy (non-hydrogen) atoms. The second kappa shape index (κ2) is 7.89. The van der Waals surface area contributed by atoms with Crippen molar-refractivity contribution in [1.29, 1.82) is 0 Å². The Morgan fingerprint density at radius 1 is 1.12 bits per heavy atom. The number of ether oxygens (including phenoxy) is 1. The van der Waals surface area contributed by atoms with E-state index in [9.17, 15) is 18.8 Å². The number of rotatable bonds is 4. The Hall–Kier alpha value is -3.48. The fraction of sp³-hybridized carbons (Fsp3) is 0.320. The molecule has 2 heterocycles. The third-order valence-corrected chi connectivity index (χ3v) is 6.41. The number of nitrogens with zero attached hydrogens (tertiary/aromatic N) is 2. The molecule has 2 fully saturated rings. The van der Waals surface area contributed by atoms with Crippen molar-refractivity contribution in [2.24, 2.45) is 5.92 Å². The van der Waals surface area contributed by atoms with E-state index < -0.39 is 17.7 Å². The summed E-state index contributed by atoms with van der Waals surface area (Å²) in [5.41, 5.74) is 1.67. The van der Waals surface area contributed by atoms with Crippen molar-refractivity contribution < 1.29 is 23.5 Å². The summed E-state index contributed by atoms with van der Waals surface area (Å²) in [6.07, 6.45) is 4.19. The molecule has 0 unspecified atom stereocenters. The number of likely N-dealkylation sites (tertiary alicyclic amines) is 1. The van der Waals surface area contributed by atoms with E-state index in [0.29, 0.717) is 42.0 Å². The van der Waals surface area contributed by atoms with Crippen LogP contribution in [0.3, 0.4) is 0 Å². The lowest BCUT2D eigenvalue weighted by Gasteiger charge is -2.25. The lowest BCUT2D eigenvalue weighted by atomic mass is 10.0. The summed E-state index contributed by atoms with van der Waals surface area (Å²) in [6, 6.07) is 11.3. The molecule has 2 amide bonds. The lowest BCUT2D eigenvalue weighted by Crippen LogP contribution is -2.40. The Balaban J connectivity index is 1.35. The summed E-state index contributed by atoms with van der Waals surface area (Å²) < 4.78 is 19.9. The molecule has 2 aromatic carbocycles. The van der Waals surface area contributed by atoms with Gasteiger partial charge in [0.15, 0.2) is 0 Å². The van der Waals surface area contributed by atoms with Crippen molar-refractivity contribution in [2.45, 2.75) is 25.3 Å². The van der Waals surface area contributed by atoms with Crippen molar-refractivity contribution in [2.75, 3.05) is 20.1 Å². The maximum Gasteiger partial charge on any atom is 0.344 e. The second-order valence-corrected chi connectivity index (χ2v) is 8.60. The molecule has 2 aromatic rings. The van der Waals surface area contributed by atoms with Gasteiger partial charge < -0.3 is 14.5 Å². The monoisotopic (exact) mass is 434 g/mol. The number of amides is 2. The molecule has 7 heteroatoms. The van der Waals surface area contributed by atoms with E-state index in [1.807, 2.05) is 6.07 Å². The van der Waals surface area contributed by atoms with Gasteiger partial charge in [0.2, 0.25) is 5.91 Å². The van der Waals surface area contributed by atoms with Crippen LogP contribution in [-0.4, -0.2) is 53.8 Å². The molecule has 0 radical (unpaired) electrons. The number of carbonyl (C=O) groups is 3. The number of hydrogen-bond acceptors (Lipinski definition) is 4. The Kier molecular flexibility index (Phi) is 5.04. The average molecular weight is 434 g/mol. The van der Waals surface area contributed by atoms with Crippen molar-refractivity contribution in [3.05, 3.63) is 70.5 Å². The zero-order valence-electron chi connectivity index (χ0n) is 17.7. The highest BCUT2D eigenvalue weighted by Gasteiger charge is 2.38. The van der Waals surface area contributed by atoms with E-state index in [1.165, 1.54) is 12.1 Å². The normalized spacial score (nSPS) is 20.9. The maximum absolute atomic E-state index is 14.6. The number of carbonyl (C=O) groups excluding carboxylic acids is 3. The van der Waals surface area contributed by atoms with E-state index in [4.69, 9.17) is 4.74 Å². The number of hydrogen-bond donors (Lipinski definition) is 0. The van der Waals surface area contributed by atoms with Crippen LogP contribution >= 0.6 is 0 Å². The standard InChI is InChI=1S/C25H23FN2O4/c1-27(23(29)16-7-8-16)17-10-11-28(14-17)24(30)20-12-15(6-9-21(20)26)13-22-18-4-2-3-5-19(18)25(31)32-22/h2-6,9,12-13,16-17H,7-8,10-11,14H2,1H3/t17-/m0/s1. The molecule has 0 aromatic heterocycles. The third-order valence-electron chi connectivity index (χ3n) is 6.41. The smallest absolute Gasteiger partial charge is 0.344 e. The summed E-state index contributed by atoms with van der Waals surface area (Å²) in [6.45, 7) is 0.866. The van der Waals surface area contributed by atoms with Crippen molar-refractivity contribution >= 4 is 29.6 Å². The van der Waals surface area contributed by atoms with E-state index in [-0.39, 0.29) is 23.4 Å². The average Bonchev–Trinajstić information content (AvgIpc) is 3.45. The van der Waals surface area contributed by atoms with Crippen LogP contribution in [0.15, 0.2) is 42.5 Å². The van der Waals surface area contributed by atoms with Gasteiger partial charge in [0.05, 0.1) is 17.2 Å². The van der Waals surface area contributed by atoms with Crippen LogP contribution in [0.5, 0.6) is 0 Å². The molecule has 1 aliphatic carbocycles. The van der Waals surface area contributed by atoms with Gasteiger partial charge in [-0.25, -0.2) is 9.18 Å². The van der Waals surface area contributed by atoms with Gasteiger partial charge >= 0.3 is 5.97 Å². The minimum Gasteiger partial charge on any atom is -0.422 e. The zero-order valence-corrected chi connectivity index (χ0v) is 17.7. The van der Waals surface area contributed by atoms with Crippen LogP contribution in [0.25, 0.3) is 11.8 Å². The summed E-state index contributed by atoms with van der Waals surface area (Å²) in [5, 5.41) is 0. The number of cyclic esters (lactones) is 1. The minimum atomic E-state index is -0.605. The molecule has 1 saturated heterocycles. The number of esters is 1. The van der Waals surface area contributed by atoms with Crippen molar-refractivity contribution in [1.82, 2.24) is 9.80 Å². The fourth-order valence-corrected chi connectivity index (χ4v) is 4.35. The number of halogens is 1. The highest BCUT2D eigenvalue weighted by atomic mass is 19.1. The van der Waals surface area contributed by atoms with E-state index in [0.717, 1.165) is 12.8 Å². The Morgan fingerprint density at radius 3 is 2.62 bits per heavy atom. The quantitative estimate of drug-likeness (QED) is 0.690. The molecule has 3 aliphatic rings. The van der Waals surface area contributed by atoms with Gasteiger partial charge in [-0.3, -0.25) is 9.59 Å². The number of benzene rings is 2. The summed E-state index contributed by atoms with van der Waals surface area (Å²) >= 11 is 0. The van der Waals surface area contributed by atoms with Gasteiger partial charge in [-0.2, -0.15) is 0 Å². The van der Waals surface area contributed by atoms with Crippen LogP contribution < -0.4 is 0 Å². The summed E-state index contributed by atoms with van der Waals surface area (Å²) in [5.74, 6) is -0.805. The lowest BCUT2D eigenvalue weighted by molar-refractivity contribution is -0.133. The van der Waals surface area contributed by atoms with Gasteiger partial charge in [-0.15, -0.1) is 0 Å². The van der Waals surface area contributed by atoms with Gasteiger partial charge in [0.25, 0.3) is 5.91 Å². The van der Waals surface area contributed by atoms with Gasteiger partial charge in [-0.05, 0) is 49.1 Å². The first-order valence-electron chi connectivity index (χ1n) is 10.8. The first-order valence-corrected chi connectivity index (χ1v) is 10.8. The first kappa shape index (κ1) is 20.4. The molecular formula is C25H23FN2O4. The second-order valence-electron chi connectivity index (χ2n) is 8.60. The minimum absolute atomic E-state index is 0.0335. The molecule has 0 spiro atoms. The zero-order chi connectivity index (χ0) is 22.4. The molecule has 0 N–H and O–H groups in total. The number of fused-ring (bicyclic) bond motifs is 1. The molecule has 6 nitrogen and oxygen atoms in total. The van der Waals surface area contributed by atoms with Crippen LogP contribution in [0.1, 0.15) is 51.1 Å². The van der Waals surface area contributed by atoms with Gasteiger partial charge in [0, 0.05) is 31.6 Å². The van der Waals surface area contributed by atoms with E-state index in [1.54, 1.807) is 47.2 Å². The van der Waals surface area contributed by atoms with Crippen LogP contribution in [0.4, 0.5) is 4.39 Å². The highest BCUT2D eigenvalue weighted by molar-refractivity contribution is 6.06. The van der Waals surface area contributed by atoms with Crippen molar-refractivity contribution in [3.63, 3.8) is 0 Å². The summed E-state index contributed by atoms with van der Waals surface area (Å²) in [7, 11) is 1.79. The first-order chi connectivity index (χ1) is 15.4. The van der Waals surface area contributed by atoms with Crippen molar-refractivity contribution in [3.8, 4) is 0 Å². The van der Waals surface area contributed by atoms with E-state index >= 15 is 0 Å². The predicted molar refractivity (Wildman–Crippen MR) is 116 cm³/mol. The van der Waals surface area contributed by atoms with Crippen LogP contribution in [-0.2, 0) is 9.53 Å². The fourth-order valence-electron chi connectivity index (χ4n) is 4.35.